The number of aliphatic imine (C=N–C) groups is 1. The Balaban J connectivity index is 1.77. The molecule has 0 spiro atoms. The maximum absolute atomic E-state index is 11.2. The minimum absolute atomic E-state index is 0.00417. The Hall–Kier alpha value is -4.66. The van der Waals surface area contributed by atoms with Gasteiger partial charge in [-0.2, -0.15) is 5.10 Å². The molecule has 0 radical (unpaired) electrons. The lowest BCUT2D eigenvalue weighted by Crippen LogP contribution is -1.95. The second kappa shape index (κ2) is 8.60. The van der Waals surface area contributed by atoms with Gasteiger partial charge in [0.1, 0.15) is 5.69 Å². The monoisotopic (exact) mass is 427 g/mol. The predicted octanol–water partition coefficient (Wildman–Crippen LogP) is 5.41. The Morgan fingerprint density at radius 3 is 2.28 bits per heavy atom. The maximum Gasteiger partial charge on any atom is 0.274 e. The predicted molar refractivity (Wildman–Crippen MR) is 121 cm³/mol. The maximum atomic E-state index is 11.2. The first-order valence-corrected chi connectivity index (χ1v) is 9.62. The van der Waals surface area contributed by atoms with Crippen LogP contribution in [0.1, 0.15) is 11.1 Å². The van der Waals surface area contributed by atoms with Gasteiger partial charge in [0.2, 0.25) is 0 Å². The molecule has 0 unspecified atom stereocenters. The lowest BCUT2D eigenvalue weighted by Gasteiger charge is -2.01. The molecule has 1 aromatic heterocycles. The van der Waals surface area contributed by atoms with Crippen LogP contribution in [-0.4, -0.2) is 25.8 Å². The summed E-state index contributed by atoms with van der Waals surface area (Å²) in [6.07, 6.45) is 3.38. The molecule has 0 bridgehead atoms. The van der Waals surface area contributed by atoms with Crippen LogP contribution in [0.2, 0.25) is 0 Å². The number of nitrogens with zero attached hydrogens (tertiary/aromatic N) is 5. The fourth-order valence-corrected chi connectivity index (χ4v) is 3.25. The first-order chi connectivity index (χ1) is 15.4. The van der Waals surface area contributed by atoms with E-state index in [4.69, 9.17) is 0 Å². The summed E-state index contributed by atoms with van der Waals surface area (Å²) in [7, 11) is 0. The van der Waals surface area contributed by atoms with Gasteiger partial charge >= 0.3 is 0 Å². The average molecular weight is 427 g/mol. The SMILES string of the molecule is Cc1c(N=Cc2cn(-c3ccc([N+](=O)[O-])cc3)nc2-c2ccccc2)cccc1[N+](=O)[O-]. The molecule has 32 heavy (non-hydrogen) atoms. The molecular weight excluding hydrogens is 410 g/mol. The number of nitro benzene ring substituents is 2. The standard InChI is InChI=1S/C23H17N5O4/c1-16-21(8-5-9-22(16)28(31)32)24-14-18-15-26(19-10-12-20(13-11-19)27(29)30)25-23(18)17-6-3-2-4-7-17/h2-15H,1H3. The second-order valence-corrected chi connectivity index (χ2v) is 6.95. The molecular formula is C23H17N5O4. The molecule has 0 N–H and O–H groups in total. The van der Waals surface area contributed by atoms with Crippen molar-refractivity contribution >= 4 is 23.3 Å². The van der Waals surface area contributed by atoms with Crippen LogP contribution in [-0.2, 0) is 0 Å². The molecule has 0 aliphatic carbocycles. The van der Waals surface area contributed by atoms with Crippen LogP contribution in [0, 0.1) is 27.2 Å². The highest BCUT2D eigenvalue weighted by Crippen LogP contribution is 2.28. The number of benzene rings is 3. The van der Waals surface area contributed by atoms with E-state index in [1.807, 2.05) is 30.3 Å². The van der Waals surface area contributed by atoms with Gasteiger partial charge in [-0.3, -0.25) is 25.2 Å². The van der Waals surface area contributed by atoms with Crippen LogP contribution in [0.15, 0.2) is 84.0 Å². The molecule has 0 aliphatic heterocycles. The van der Waals surface area contributed by atoms with Gasteiger partial charge in [-0.25, -0.2) is 4.68 Å². The molecule has 0 saturated heterocycles. The fraction of sp³-hybridized carbons (Fsp3) is 0.0435. The van der Waals surface area contributed by atoms with Gasteiger partial charge in [-0.1, -0.05) is 36.4 Å². The third-order valence-electron chi connectivity index (χ3n) is 4.93. The molecule has 0 fully saturated rings. The van der Waals surface area contributed by atoms with Gasteiger partial charge in [-0.05, 0) is 25.1 Å². The molecule has 0 amide bonds. The topological polar surface area (TPSA) is 116 Å². The van der Waals surface area contributed by atoms with E-state index in [9.17, 15) is 20.2 Å². The minimum Gasteiger partial charge on any atom is -0.258 e. The summed E-state index contributed by atoms with van der Waals surface area (Å²) in [5.74, 6) is 0. The molecule has 4 aromatic rings. The Kier molecular flexibility index (Phi) is 5.54. The molecule has 0 saturated carbocycles. The van der Waals surface area contributed by atoms with Crippen molar-refractivity contribution in [3.63, 3.8) is 0 Å². The largest absolute Gasteiger partial charge is 0.274 e. The van der Waals surface area contributed by atoms with Gasteiger partial charge in [0, 0.05) is 41.7 Å². The molecule has 3 aromatic carbocycles. The lowest BCUT2D eigenvalue weighted by molar-refractivity contribution is -0.385. The summed E-state index contributed by atoms with van der Waals surface area (Å²) in [5.41, 5.74) is 3.83. The van der Waals surface area contributed by atoms with E-state index in [0.717, 1.165) is 5.56 Å². The second-order valence-electron chi connectivity index (χ2n) is 6.95. The number of aromatic nitrogens is 2. The van der Waals surface area contributed by atoms with Gasteiger partial charge in [-0.15, -0.1) is 0 Å². The number of nitro groups is 2. The summed E-state index contributed by atoms with van der Waals surface area (Å²) in [6.45, 7) is 1.66. The Morgan fingerprint density at radius 1 is 0.906 bits per heavy atom. The van der Waals surface area contributed by atoms with Crippen molar-refractivity contribution in [2.75, 3.05) is 0 Å². The zero-order valence-electron chi connectivity index (χ0n) is 17.0. The van der Waals surface area contributed by atoms with E-state index in [-0.39, 0.29) is 11.4 Å². The van der Waals surface area contributed by atoms with Crippen LogP contribution in [0.4, 0.5) is 17.1 Å². The number of non-ortho nitro benzene ring substituents is 1. The van der Waals surface area contributed by atoms with Gasteiger partial charge < -0.3 is 0 Å². The van der Waals surface area contributed by atoms with Crippen molar-refractivity contribution in [3.05, 3.63) is 110 Å². The summed E-state index contributed by atoms with van der Waals surface area (Å²) < 4.78 is 1.62. The molecule has 9 heteroatoms. The van der Waals surface area contributed by atoms with Crippen molar-refractivity contribution in [1.82, 2.24) is 9.78 Å². The molecule has 4 rings (SSSR count). The minimum atomic E-state index is -0.457. The van der Waals surface area contributed by atoms with Crippen LogP contribution < -0.4 is 0 Å². The highest BCUT2D eigenvalue weighted by molar-refractivity contribution is 5.90. The highest BCUT2D eigenvalue weighted by Gasteiger charge is 2.14. The van der Waals surface area contributed by atoms with Crippen molar-refractivity contribution in [2.45, 2.75) is 6.92 Å². The first kappa shape index (κ1) is 20.6. The molecule has 0 aliphatic rings. The normalized spacial score (nSPS) is 11.0. The summed E-state index contributed by atoms with van der Waals surface area (Å²) in [4.78, 5) is 25.7. The van der Waals surface area contributed by atoms with Crippen LogP contribution in [0.3, 0.4) is 0 Å². The Labute approximate surface area is 182 Å². The fourth-order valence-electron chi connectivity index (χ4n) is 3.25. The summed E-state index contributed by atoms with van der Waals surface area (Å²) >= 11 is 0. The van der Waals surface area contributed by atoms with E-state index in [1.165, 1.54) is 18.2 Å². The van der Waals surface area contributed by atoms with Gasteiger partial charge in [0.05, 0.1) is 26.8 Å². The van der Waals surface area contributed by atoms with E-state index < -0.39 is 9.85 Å². The molecule has 0 atom stereocenters. The van der Waals surface area contributed by atoms with Crippen LogP contribution in [0.5, 0.6) is 0 Å². The lowest BCUT2D eigenvalue weighted by atomic mass is 10.1. The van der Waals surface area contributed by atoms with Crippen LogP contribution >= 0.6 is 0 Å². The number of hydrogen-bond donors (Lipinski definition) is 0. The first-order valence-electron chi connectivity index (χ1n) is 9.62. The van der Waals surface area contributed by atoms with E-state index in [2.05, 4.69) is 10.1 Å². The van der Waals surface area contributed by atoms with Crippen molar-refractivity contribution in [1.29, 1.82) is 0 Å². The summed E-state index contributed by atoms with van der Waals surface area (Å²) in [5, 5.41) is 26.8. The molecule has 158 valence electrons. The number of rotatable bonds is 6. The van der Waals surface area contributed by atoms with Crippen molar-refractivity contribution in [2.24, 2.45) is 4.99 Å². The highest BCUT2D eigenvalue weighted by atomic mass is 16.6. The van der Waals surface area contributed by atoms with E-state index >= 15 is 0 Å². The average Bonchev–Trinajstić information content (AvgIpc) is 3.23. The quantitative estimate of drug-likeness (QED) is 0.231. The van der Waals surface area contributed by atoms with Gasteiger partial charge in [0.15, 0.2) is 0 Å². The smallest absolute Gasteiger partial charge is 0.258 e. The van der Waals surface area contributed by atoms with Crippen LogP contribution in [0.25, 0.3) is 16.9 Å². The number of hydrogen-bond acceptors (Lipinski definition) is 6. The Bertz CT molecular complexity index is 1330. The summed E-state index contributed by atoms with van der Waals surface area (Å²) in [6, 6.07) is 20.3. The third-order valence-corrected chi connectivity index (χ3v) is 4.93. The molecule has 1 heterocycles. The zero-order valence-corrected chi connectivity index (χ0v) is 17.0. The molecule has 9 nitrogen and oxygen atoms in total. The Morgan fingerprint density at radius 2 is 1.62 bits per heavy atom. The zero-order chi connectivity index (χ0) is 22.7. The van der Waals surface area contributed by atoms with Gasteiger partial charge in [0.25, 0.3) is 11.4 Å². The van der Waals surface area contributed by atoms with Crippen molar-refractivity contribution in [3.8, 4) is 16.9 Å². The third kappa shape index (κ3) is 4.12. The van der Waals surface area contributed by atoms with Crippen molar-refractivity contribution < 1.29 is 9.85 Å². The van der Waals surface area contributed by atoms with E-state index in [0.29, 0.717) is 28.2 Å². The van der Waals surface area contributed by atoms with E-state index in [1.54, 1.807) is 48.3 Å².